The third-order valence-corrected chi connectivity index (χ3v) is 3.98. The molecule has 4 heteroatoms. The standard InChI is InChI=1S/C15H23N3O/c1-15(2,3)11-7-9-18(10-11)14(19)12-6-5-8-17-13(12)16-4/h5-6,8,11H,7,9-10H2,1-4H3,(H,16,17). The highest BCUT2D eigenvalue weighted by molar-refractivity contribution is 5.98. The second-order valence-corrected chi connectivity index (χ2v) is 6.25. The van der Waals surface area contributed by atoms with Crippen LogP contribution >= 0.6 is 0 Å². The van der Waals surface area contributed by atoms with E-state index in [9.17, 15) is 4.79 Å². The molecule has 0 aliphatic carbocycles. The number of amides is 1. The van der Waals surface area contributed by atoms with E-state index in [4.69, 9.17) is 0 Å². The fourth-order valence-electron chi connectivity index (χ4n) is 2.60. The molecule has 1 aromatic heterocycles. The number of hydrogen-bond acceptors (Lipinski definition) is 3. The third-order valence-electron chi connectivity index (χ3n) is 3.98. The van der Waals surface area contributed by atoms with E-state index in [1.54, 1.807) is 13.2 Å². The first-order valence-corrected chi connectivity index (χ1v) is 6.85. The van der Waals surface area contributed by atoms with E-state index in [-0.39, 0.29) is 11.3 Å². The quantitative estimate of drug-likeness (QED) is 0.890. The van der Waals surface area contributed by atoms with Crippen molar-refractivity contribution in [2.45, 2.75) is 27.2 Å². The Hall–Kier alpha value is -1.58. The minimum Gasteiger partial charge on any atom is -0.372 e. The molecule has 0 bridgehead atoms. The van der Waals surface area contributed by atoms with Crippen LogP contribution in [0.3, 0.4) is 0 Å². The highest BCUT2D eigenvalue weighted by Gasteiger charge is 2.34. The van der Waals surface area contributed by atoms with Crippen molar-refractivity contribution >= 4 is 11.7 Å². The molecular formula is C15H23N3O. The van der Waals surface area contributed by atoms with E-state index in [1.807, 2.05) is 17.0 Å². The van der Waals surface area contributed by atoms with Gasteiger partial charge in [0.15, 0.2) is 0 Å². The van der Waals surface area contributed by atoms with E-state index in [0.717, 1.165) is 19.5 Å². The van der Waals surface area contributed by atoms with Gasteiger partial charge in [0.2, 0.25) is 0 Å². The molecule has 1 aliphatic heterocycles. The first kappa shape index (κ1) is 13.8. The maximum absolute atomic E-state index is 12.5. The fourth-order valence-corrected chi connectivity index (χ4v) is 2.60. The Balaban J connectivity index is 2.14. The second-order valence-electron chi connectivity index (χ2n) is 6.25. The first-order valence-electron chi connectivity index (χ1n) is 6.85. The summed E-state index contributed by atoms with van der Waals surface area (Å²) in [5, 5.41) is 2.98. The van der Waals surface area contributed by atoms with Gasteiger partial charge >= 0.3 is 0 Å². The lowest BCUT2D eigenvalue weighted by atomic mass is 9.80. The van der Waals surface area contributed by atoms with Gasteiger partial charge < -0.3 is 10.2 Å². The second kappa shape index (κ2) is 5.19. The van der Waals surface area contributed by atoms with Gasteiger partial charge in [0.25, 0.3) is 5.91 Å². The zero-order valence-corrected chi connectivity index (χ0v) is 12.2. The molecule has 1 fully saturated rings. The van der Waals surface area contributed by atoms with E-state index >= 15 is 0 Å². The van der Waals surface area contributed by atoms with Crippen LogP contribution in [0, 0.1) is 11.3 Å². The molecule has 1 atom stereocenters. The molecule has 19 heavy (non-hydrogen) atoms. The summed E-state index contributed by atoms with van der Waals surface area (Å²) >= 11 is 0. The lowest BCUT2D eigenvalue weighted by Crippen LogP contribution is -2.31. The molecule has 0 radical (unpaired) electrons. The molecule has 0 saturated carbocycles. The number of pyridine rings is 1. The molecule has 1 aromatic rings. The van der Waals surface area contributed by atoms with E-state index in [2.05, 4.69) is 31.1 Å². The van der Waals surface area contributed by atoms with Gasteiger partial charge in [-0.1, -0.05) is 20.8 Å². The minimum atomic E-state index is 0.0872. The Bertz CT molecular complexity index is 465. The van der Waals surface area contributed by atoms with Gasteiger partial charge in [-0.15, -0.1) is 0 Å². The van der Waals surface area contributed by atoms with E-state index < -0.39 is 0 Å². The van der Waals surface area contributed by atoms with Crippen molar-refractivity contribution in [1.29, 1.82) is 0 Å². The van der Waals surface area contributed by atoms with Crippen molar-refractivity contribution in [2.24, 2.45) is 11.3 Å². The van der Waals surface area contributed by atoms with Crippen molar-refractivity contribution in [3.8, 4) is 0 Å². The molecule has 4 nitrogen and oxygen atoms in total. The Labute approximate surface area is 115 Å². The van der Waals surface area contributed by atoms with Crippen LogP contribution in [0.15, 0.2) is 18.3 Å². The summed E-state index contributed by atoms with van der Waals surface area (Å²) in [6, 6.07) is 3.65. The molecule has 2 rings (SSSR count). The number of carbonyl (C=O) groups is 1. The summed E-state index contributed by atoms with van der Waals surface area (Å²) in [5.41, 5.74) is 0.926. The smallest absolute Gasteiger partial charge is 0.257 e. The number of likely N-dealkylation sites (tertiary alicyclic amines) is 1. The number of anilines is 1. The van der Waals surface area contributed by atoms with Gasteiger partial charge in [0, 0.05) is 26.3 Å². The zero-order chi connectivity index (χ0) is 14.0. The van der Waals surface area contributed by atoms with Crippen LogP contribution < -0.4 is 5.32 Å². The summed E-state index contributed by atoms with van der Waals surface area (Å²) in [6.45, 7) is 8.43. The summed E-state index contributed by atoms with van der Waals surface area (Å²) in [4.78, 5) is 18.7. The Morgan fingerprint density at radius 3 is 2.79 bits per heavy atom. The van der Waals surface area contributed by atoms with Crippen molar-refractivity contribution < 1.29 is 4.79 Å². The summed E-state index contributed by atoms with van der Waals surface area (Å²) in [5.74, 6) is 1.32. The van der Waals surface area contributed by atoms with Crippen molar-refractivity contribution in [3.05, 3.63) is 23.9 Å². The van der Waals surface area contributed by atoms with Crippen LogP contribution in [-0.2, 0) is 0 Å². The fraction of sp³-hybridized carbons (Fsp3) is 0.600. The lowest BCUT2D eigenvalue weighted by Gasteiger charge is -2.27. The molecule has 0 aromatic carbocycles. The topological polar surface area (TPSA) is 45.2 Å². The average molecular weight is 261 g/mol. The molecule has 1 N–H and O–H groups in total. The van der Waals surface area contributed by atoms with Crippen LogP contribution in [0.4, 0.5) is 5.82 Å². The molecule has 104 valence electrons. The van der Waals surface area contributed by atoms with Gasteiger partial charge in [-0.05, 0) is 29.9 Å². The predicted molar refractivity (Wildman–Crippen MR) is 77.2 cm³/mol. The summed E-state index contributed by atoms with van der Waals surface area (Å²) in [6.07, 6.45) is 2.79. The number of nitrogens with zero attached hydrogens (tertiary/aromatic N) is 2. The van der Waals surface area contributed by atoms with Gasteiger partial charge in [0.05, 0.1) is 5.56 Å². The van der Waals surface area contributed by atoms with Crippen LogP contribution in [0.1, 0.15) is 37.6 Å². The zero-order valence-electron chi connectivity index (χ0n) is 12.2. The Morgan fingerprint density at radius 1 is 1.47 bits per heavy atom. The molecule has 1 unspecified atom stereocenters. The van der Waals surface area contributed by atoms with Gasteiger partial charge in [-0.2, -0.15) is 0 Å². The summed E-state index contributed by atoms with van der Waals surface area (Å²) in [7, 11) is 1.79. The number of hydrogen-bond donors (Lipinski definition) is 1. The molecule has 1 aliphatic rings. The monoisotopic (exact) mass is 261 g/mol. The average Bonchev–Trinajstić information content (AvgIpc) is 2.87. The van der Waals surface area contributed by atoms with Crippen LogP contribution in [0.25, 0.3) is 0 Å². The number of aromatic nitrogens is 1. The van der Waals surface area contributed by atoms with Gasteiger partial charge in [-0.25, -0.2) is 4.98 Å². The highest BCUT2D eigenvalue weighted by atomic mass is 16.2. The highest BCUT2D eigenvalue weighted by Crippen LogP contribution is 2.34. The minimum absolute atomic E-state index is 0.0872. The predicted octanol–water partition coefficient (Wildman–Crippen LogP) is 2.63. The lowest BCUT2D eigenvalue weighted by molar-refractivity contribution is 0.0777. The maximum Gasteiger partial charge on any atom is 0.257 e. The van der Waals surface area contributed by atoms with Gasteiger partial charge in [-0.3, -0.25) is 4.79 Å². The Kier molecular flexibility index (Phi) is 3.78. The summed E-state index contributed by atoms with van der Waals surface area (Å²) < 4.78 is 0. The maximum atomic E-state index is 12.5. The number of carbonyl (C=O) groups excluding carboxylic acids is 1. The largest absolute Gasteiger partial charge is 0.372 e. The number of rotatable bonds is 2. The molecule has 1 amide bonds. The SMILES string of the molecule is CNc1ncccc1C(=O)N1CCC(C(C)(C)C)C1. The first-order chi connectivity index (χ1) is 8.93. The van der Waals surface area contributed by atoms with E-state index in [1.165, 1.54) is 0 Å². The number of nitrogens with one attached hydrogen (secondary N) is 1. The molecular weight excluding hydrogens is 238 g/mol. The molecule has 2 heterocycles. The van der Waals surface area contributed by atoms with Crippen molar-refractivity contribution in [3.63, 3.8) is 0 Å². The molecule has 1 saturated heterocycles. The van der Waals surface area contributed by atoms with Crippen LogP contribution in [0.2, 0.25) is 0 Å². The Morgan fingerprint density at radius 2 is 2.21 bits per heavy atom. The molecule has 0 spiro atoms. The van der Waals surface area contributed by atoms with Gasteiger partial charge in [0.1, 0.15) is 5.82 Å². The normalized spacial score (nSPS) is 19.6. The van der Waals surface area contributed by atoms with Crippen LogP contribution in [-0.4, -0.2) is 35.9 Å². The van der Waals surface area contributed by atoms with Crippen molar-refractivity contribution in [2.75, 3.05) is 25.5 Å². The van der Waals surface area contributed by atoms with E-state index in [0.29, 0.717) is 17.3 Å². The third kappa shape index (κ3) is 2.88. The van der Waals surface area contributed by atoms with Crippen molar-refractivity contribution in [1.82, 2.24) is 9.88 Å². The van der Waals surface area contributed by atoms with Crippen LogP contribution in [0.5, 0.6) is 0 Å².